The molecule has 0 radical (unpaired) electrons. The number of carbonyl (C=O) groups is 2. The van der Waals surface area contributed by atoms with Gasteiger partial charge in [0.1, 0.15) is 11.5 Å². The number of methoxy groups -OCH3 is 1. The molecule has 0 atom stereocenters. The number of nitrogens with one attached hydrogen (secondary N) is 2. The minimum atomic E-state index is -0.831. The second-order valence-corrected chi connectivity index (χ2v) is 7.23. The Bertz CT molecular complexity index is 1240. The number of carbonyl (C=O) groups excluding carboxylic acids is 1. The number of aromatic nitrogens is 2. The second kappa shape index (κ2) is 11.1. The maximum absolute atomic E-state index is 11.3. The molecule has 8 heteroatoms. The van der Waals surface area contributed by atoms with Gasteiger partial charge >= 0.3 is 11.9 Å². The van der Waals surface area contributed by atoms with E-state index < -0.39 is 5.97 Å². The fraction of sp³-hybridized carbons (Fsp3) is 0.280. The maximum atomic E-state index is 11.3. The molecule has 0 bridgehead atoms. The summed E-state index contributed by atoms with van der Waals surface area (Å²) in [5.41, 5.74) is 3.63. The summed E-state index contributed by atoms with van der Waals surface area (Å²) in [4.78, 5) is 28.1. The van der Waals surface area contributed by atoms with Crippen LogP contribution in [0.3, 0.4) is 0 Å². The van der Waals surface area contributed by atoms with Crippen LogP contribution in [-0.4, -0.2) is 47.3 Å². The Morgan fingerprint density at radius 3 is 1.73 bits per heavy atom. The lowest BCUT2D eigenvalue weighted by Crippen LogP contribution is -2.03. The monoisotopic (exact) mass is 452 g/mol. The normalized spacial score (nSPS) is 10.5. The standard InChI is InChI=1S/C13H15NO3.C12H13NO3/c1-3-17-10-4-5-12-11(7-10)9(8-14-12)6-13(15)16-2;1-2-16-9-3-4-11-10(6-9)8(7-13-11)5-12(14)15/h4-5,7-8,14H,3,6H2,1-2H3;3-4,6-7,13H,2,5H2,1H3,(H,14,15). The molecule has 2 aromatic heterocycles. The van der Waals surface area contributed by atoms with E-state index in [-0.39, 0.29) is 18.8 Å². The Labute approximate surface area is 191 Å². The summed E-state index contributed by atoms with van der Waals surface area (Å²) >= 11 is 0. The molecule has 4 aromatic rings. The molecular weight excluding hydrogens is 424 g/mol. The van der Waals surface area contributed by atoms with Crippen molar-refractivity contribution >= 4 is 33.7 Å². The first-order chi connectivity index (χ1) is 15.9. The molecule has 3 N–H and O–H groups in total. The molecule has 0 saturated carbocycles. The number of rotatable bonds is 8. The average Bonchev–Trinajstić information content (AvgIpc) is 3.38. The van der Waals surface area contributed by atoms with Gasteiger partial charge in [-0.2, -0.15) is 0 Å². The molecule has 174 valence electrons. The highest BCUT2D eigenvalue weighted by atomic mass is 16.5. The lowest BCUT2D eigenvalue weighted by atomic mass is 10.1. The molecule has 0 unspecified atom stereocenters. The summed E-state index contributed by atoms with van der Waals surface area (Å²) in [5, 5.41) is 10.7. The number of hydrogen-bond acceptors (Lipinski definition) is 5. The first-order valence-electron chi connectivity index (χ1n) is 10.7. The SMILES string of the molecule is CCOc1ccc2[nH]cc(CC(=O)O)c2c1.CCOc1ccc2[nH]cc(CC(=O)OC)c2c1. The predicted octanol–water partition coefficient (Wildman–Crippen LogP) is 4.48. The molecular formula is C25H28N2O6. The fourth-order valence-electron chi connectivity index (χ4n) is 3.51. The third-order valence-corrected chi connectivity index (χ3v) is 5.00. The van der Waals surface area contributed by atoms with E-state index in [4.69, 9.17) is 14.6 Å². The summed E-state index contributed by atoms with van der Waals surface area (Å²) in [5.74, 6) is 0.502. The summed E-state index contributed by atoms with van der Waals surface area (Å²) in [7, 11) is 1.39. The molecule has 0 fully saturated rings. The van der Waals surface area contributed by atoms with Gasteiger partial charge in [0.25, 0.3) is 0 Å². The number of aromatic amines is 2. The zero-order valence-corrected chi connectivity index (χ0v) is 18.9. The van der Waals surface area contributed by atoms with Crippen LogP contribution >= 0.6 is 0 Å². The molecule has 2 heterocycles. The van der Waals surface area contributed by atoms with E-state index >= 15 is 0 Å². The second-order valence-electron chi connectivity index (χ2n) is 7.23. The van der Waals surface area contributed by atoms with E-state index in [1.165, 1.54) is 7.11 Å². The number of hydrogen-bond donors (Lipinski definition) is 3. The molecule has 33 heavy (non-hydrogen) atoms. The number of benzene rings is 2. The van der Waals surface area contributed by atoms with Crippen LogP contribution in [0, 0.1) is 0 Å². The molecule has 0 aliphatic rings. The van der Waals surface area contributed by atoms with Gasteiger partial charge in [-0.3, -0.25) is 9.59 Å². The van der Waals surface area contributed by atoms with Crippen LogP contribution in [0.5, 0.6) is 11.5 Å². The minimum Gasteiger partial charge on any atom is -0.494 e. The summed E-state index contributed by atoms with van der Waals surface area (Å²) in [6.45, 7) is 5.09. The van der Waals surface area contributed by atoms with Crippen molar-refractivity contribution in [1.82, 2.24) is 9.97 Å². The summed E-state index contributed by atoms with van der Waals surface area (Å²) in [6, 6.07) is 11.4. The average molecular weight is 453 g/mol. The van der Waals surface area contributed by atoms with E-state index in [0.717, 1.165) is 44.4 Å². The van der Waals surface area contributed by atoms with Gasteiger partial charge in [0.2, 0.25) is 0 Å². The number of carboxylic acids is 1. The van der Waals surface area contributed by atoms with E-state index in [1.807, 2.05) is 56.4 Å². The molecule has 0 spiro atoms. The lowest BCUT2D eigenvalue weighted by Gasteiger charge is -2.03. The zero-order valence-electron chi connectivity index (χ0n) is 18.9. The van der Waals surface area contributed by atoms with Crippen LogP contribution in [0.4, 0.5) is 0 Å². The highest BCUT2D eigenvalue weighted by Crippen LogP contribution is 2.25. The number of esters is 1. The van der Waals surface area contributed by atoms with Gasteiger partial charge in [-0.1, -0.05) is 0 Å². The molecule has 0 amide bonds. The number of aliphatic carboxylic acids is 1. The number of fused-ring (bicyclic) bond motifs is 2. The van der Waals surface area contributed by atoms with Crippen molar-refractivity contribution in [1.29, 1.82) is 0 Å². The Morgan fingerprint density at radius 2 is 1.30 bits per heavy atom. The van der Waals surface area contributed by atoms with Crippen LogP contribution < -0.4 is 9.47 Å². The summed E-state index contributed by atoms with van der Waals surface area (Å²) < 4.78 is 15.5. The number of ether oxygens (including phenoxy) is 3. The van der Waals surface area contributed by atoms with E-state index in [0.29, 0.717) is 13.2 Å². The van der Waals surface area contributed by atoms with Crippen molar-refractivity contribution in [2.45, 2.75) is 26.7 Å². The van der Waals surface area contributed by atoms with E-state index in [1.54, 1.807) is 6.20 Å². The van der Waals surface area contributed by atoms with Crippen molar-refractivity contribution in [3.05, 3.63) is 59.9 Å². The summed E-state index contributed by atoms with van der Waals surface area (Å²) in [6.07, 6.45) is 3.85. The van der Waals surface area contributed by atoms with Crippen LogP contribution in [0.2, 0.25) is 0 Å². The van der Waals surface area contributed by atoms with Crippen LogP contribution in [0.15, 0.2) is 48.8 Å². The predicted molar refractivity (Wildman–Crippen MR) is 126 cm³/mol. The Morgan fingerprint density at radius 1 is 0.818 bits per heavy atom. The molecule has 2 aromatic carbocycles. The van der Waals surface area contributed by atoms with Gasteiger partial charge in [0.15, 0.2) is 0 Å². The van der Waals surface area contributed by atoms with E-state index in [9.17, 15) is 9.59 Å². The smallest absolute Gasteiger partial charge is 0.310 e. The van der Waals surface area contributed by atoms with Gasteiger partial charge in [0.05, 0.1) is 33.2 Å². The van der Waals surface area contributed by atoms with Crippen molar-refractivity contribution in [2.75, 3.05) is 20.3 Å². The largest absolute Gasteiger partial charge is 0.494 e. The van der Waals surface area contributed by atoms with Crippen molar-refractivity contribution in [2.24, 2.45) is 0 Å². The van der Waals surface area contributed by atoms with Crippen LogP contribution in [0.25, 0.3) is 21.8 Å². The Balaban J connectivity index is 0.000000186. The van der Waals surface area contributed by atoms with Gasteiger partial charge in [-0.15, -0.1) is 0 Å². The lowest BCUT2D eigenvalue weighted by molar-refractivity contribution is -0.140. The van der Waals surface area contributed by atoms with Crippen molar-refractivity contribution in [3.8, 4) is 11.5 Å². The molecule has 4 rings (SSSR count). The molecule has 0 aliphatic carbocycles. The zero-order chi connectivity index (χ0) is 23.8. The Kier molecular flexibility index (Phi) is 7.96. The minimum absolute atomic E-state index is 0.0234. The molecule has 8 nitrogen and oxygen atoms in total. The quantitative estimate of drug-likeness (QED) is 0.340. The van der Waals surface area contributed by atoms with Crippen LogP contribution in [0.1, 0.15) is 25.0 Å². The number of H-pyrrole nitrogens is 2. The molecule has 0 saturated heterocycles. The highest BCUT2D eigenvalue weighted by molar-refractivity contribution is 5.89. The fourth-order valence-corrected chi connectivity index (χ4v) is 3.51. The van der Waals surface area contributed by atoms with Gasteiger partial charge in [-0.25, -0.2) is 0 Å². The van der Waals surface area contributed by atoms with Gasteiger partial charge in [-0.05, 0) is 61.4 Å². The first-order valence-corrected chi connectivity index (χ1v) is 10.7. The van der Waals surface area contributed by atoms with E-state index in [2.05, 4.69) is 14.7 Å². The van der Waals surface area contributed by atoms with Crippen molar-refractivity contribution < 1.29 is 28.9 Å². The molecule has 0 aliphatic heterocycles. The maximum Gasteiger partial charge on any atom is 0.310 e. The highest BCUT2D eigenvalue weighted by Gasteiger charge is 2.10. The van der Waals surface area contributed by atoms with Gasteiger partial charge in [0, 0.05) is 34.2 Å². The number of carboxylic acid groups (broad SMARTS) is 1. The third-order valence-electron chi connectivity index (χ3n) is 5.00. The third kappa shape index (κ3) is 6.06. The van der Waals surface area contributed by atoms with Crippen molar-refractivity contribution in [3.63, 3.8) is 0 Å². The van der Waals surface area contributed by atoms with Gasteiger partial charge < -0.3 is 29.3 Å². The first kappa shape index (κ1) is 23.7. The van der Waals surface area contributed by atoms with Crippen LogP contribution in [-0.2, 0) is 27.2 Å². The topological polar surface area (TPSA) is 114 Å². The Hall–Kier alpha value is -3.94.